The molecular formula is C21H27FN2O5. The molecule has 0 radical (unpaired) electrons. The molecule has 1 aromatic rings. The van der Waals surface area contributed by atoms with Crippen LogP contribution < -0.4 is 0 Å². The zero-order valence-electron chi connectivity index (χ0n) is 16.8. The minimum atomic E-state index is -1.35. The summed E-state index contributed by atoms with van der Waals surface area (Å²) >= 11 is 0. The summed E-state index contributed by atoms with van der Waals surface area (Å²) in [5.74, 6) is -1.73. The number of esters is 1. The summed E-state index contributed by atoms with van der Waals surface area (Å²) in [4.78, 5) is 30.7. The number of carbonyl (C=O) groups is 2. The van der Waals surface area contributed by atoms with Crippen LogP contribution in [0.15, 0.2) is 18.3 Å². The van der Waals surface area contributed by atoms with Crippen LogP contribution in [0.3, 0.4) is 0 Å². The monoisotopic (exact) mass is 406 g/mol. The average Bonchev–Trinajstić information content (AvgIpc) is 2.96. The molecule has 158 valence electrons. The fourth-order valence-electron chi connectivity index (χ4n) is 5.07. The van der Waals surface area contributed by atoms with E-state index in [1.165, 1.54) is 12.3 Å². The first-order valence-corrected chi connectivity index (χ1v) is 10.1. The lowest BCUT2D eigenvalue weighted by Gasteiger charge is -2.45. The molecular weight excluding hydrogens is 379 g/mol. The quantitative estimate of drug-likeness (QED) is 0.596. The largest absolute Gasteiger partial charge is 0.458 e. The van der Waals surface area contributed by atoms with E-state index in [9.17, 15) is 19.1 Å². The second-order valence-corrected chi connectivity index (χ2v) is 9.03. The normalized spacial score (nSPS) is 31.0. The Labute approximate surface area is 169 Å². The third-order valence-electron chi connectivity index (χ3n) is 6.53. The van der Waals surface area contributed by atoms with Gasteiger partial charge in [0.2, 0.25) is 11.9 Å². The number of aliphatic hydroxyl groups is 1. The van der Waals surface area contributed by atoms with Crippen molar-refractivity contribution in [2.24, 2.45) is 5.92 Å². The first kappa shape index (κ1) is 20.2. The molecule has 8 heteroatoms. The second-order valence-electron chi connectivity index (χ2n) is 9.03. The van der Waals surface area contributed by atoms with Crippen LogP contribution >= 0.6 is 0 Å². The van der Waals surface area contributed by atoms with Crippen LogP contribution in [-0.2, 0) is 24.7 Å². The average molecular weight is 406 g/mol. The molecule has 0 bridgehead atoms. The highest BCUT2D eigenvalue weighted by Crippen LogP contribution is 2.47. The van der Waals surface area contributed by atoms with Gasteiger partial charge in [0.1, 0.15) is 5.60 Å². The molecule has 1 spiro atoms. The number of halogens is 1. The van der Waals surface area contributed by atoms with Crippen LogP contribution in [0.4, 0.5) is 4.39 Å². The van der Waals surface area contributed by atoms with E-state index in [0.717, 1.165) is 0 Å². The van der Waals surface area contributed by atoms with Gasteiger partial charge in [-0.05, 0) is 32.8 Å². The smallest absolute Gasteiger partial charge is 0.307 e. The first-order chi connectivity index (χ1) is 13.6. The SMILES string of the molecule is CC1(C)C[C@]2(CCO1)OC(=O)C[C@H]2C(=O)N1CCC(O)(c2cccnc2F)CC1. The number of piperidine rings is 1. The molecule has 1 aromatic heterocycles. The third kappa shape index (κ3) is 3.64. The van der Waals surface area contributed by atoms with E-state index in [1.807, 2.05) is 13.8 Å². The predicted octanol–water partition coefficient (Wildman–Crippen LogP) is 1.92. The fraction of sp³-hybridized carbons (Fsp3) is 0.667. The zero-order valence-corrected chi connectivity index (χ0v) is 16.8. The number of rotatable bonds is 2. The number of amides is 1. The first-order valence-electron chi connectivity index (χ1n) is 10.1. The zero-order chi connectivity index (χ0) is 20.9. The predicted molar refractivity (Wildman–Crippen MR) is 100 cm³/mol. The van der Waals surface area contributed by atoms with Crippen molar-refractivity contribution in [2.75, 3.05) is 19.7 Å². The maximum absolute atomic E-state index is 14.1. The number of ether oxygens (including phenoxy) is 2. The fourth-order valence-corrected chi connectivity index (χ4v) is 5.07. The van der Waals surface area contributed by atoms with Gasteiger partial charge in [-0.15, -0.1) is 0 Å². The molecule has 3 saturated heterocycles. The lowest BCUT2D eigenvalue weighted by atomic mass is 9.74. The van der Waals surface area contributed by atoms with Gasteiger partial charge in [-0.1, -0.05) is 6.07 Å². The van der Waals surface area contributed by atoms with Crippen molar-refractivity contribution in [1.82, 2.24) is 9.88 Å². The van der Waals surface area contributed by atoms with Gasteiger partial charge in [-0.2, -0.15) is 4.39 Å². The molecule has 4 rings (SSSR count). The maximum atomic E-state index is 14.1. The molecule has 0 aliphatic carbocycles. The van der Waals surface area contributed by atoms with E-state index in [4.69, 9.17) is 9.47 Å². The lowest BCUT2D eigenvalue weighted by Crippen LogP contribution is -2.55. The van der Waals surface area contributed by atoms with Crippen molar-refractivity contribution in [3.8, 4) is 0 Å². The van der Waals surface area contributed by atoms with Crippen LogP contribution in [0.5, 0.6) is 0 Å². The summed E-state index contributed by atoms with van der Waals surface area (Å²) in [6.45, 7) is 4.87. The second kappa shape index (κ2) is 7.02. The number of pyridine rings is 1. The van der Waals surface area contributed by atoms with Crippen LogP contribution in [-0.4, -0.2) is 57.8 Å². The van der Waals surface area contributed by atoms with Crippen molar-refractivity contribution < 1.29 is 28.6 Å². The molecule has 4 heterocycles. The van der Waals surface area contributed by atoms with Crippen molar-refractivity contribution in [3.63, 3.8) is 0 Å². The summed E-state index contributed by atoms with van der Waals surface area (Å²) in [6, 6.07) is 3.12. The molecule has 0 unspecified atom stereocenters. The van der Waals surface area contributed by atoms with E-state index in [0.29, 0.717) is 19.4 Å². The summed E-state index contributed by atoms with van der Waals surface area (Å²) in [7, 11) is 0. The standard InChI is InChI=1S/C21H27FN2O5/c1-19(2)13-21(7-11-28-19)15(12-16(25)29-21)18(26)24-9-5-20(27,6-10-24)14-4-3-8-23-17(14)22/h3-4,8,15,27H,5-7,9-13H2,1-2H3/t15-,21-/m0/s1. The Balaban J connectivity index is 1.49. The van der Waals surface area contributed by atoms with Crippen molar-refractivity contribution in [2.45, 2.75) is 62.8 Å². The highest BCUT2D eigenvalue weighted by molar-refractivity contribution is 5.88. The number of nitrogens with zero attached hydrogens (tertiary/aromatic N) is 2. The van der Waals surface area contributed by atoms with Crippen LogP contribution in [0, 0.1) is 11.9 Å². The van der Waals surface area contributed by atoms with Crippen LogP contribution in [0.25, 0.3) is 0 Å². The summed E-state index contributed by atoms with van der Waals surface area (Å²) in [5.41, 5.74) is -2.50. The Morgan fingerprint density at radius 3 is 2.69 bits per heavy atom. The summed E-state index contributed by atoms with van der Waals surface area (Å²) < 4.78 is 25.5. The van der Waals surface area contributed by atoms with Crippen LogP contribution in [0.2, 0.25) is 0 Å². The number of aromatic nitrogens is 1. The van der Waals surface area contributed by atoms with Crippen molar-refractivity contribution in [1.29, 1.82) is 0 Å². The van der Waals surface area contributed by atoms with E-state index in [1.54, 1.807) is 11.0 Å². The third-order valence-corrected chi connectivity index (χ3v) is 6.53. The molecule has 3 aliphatic rings. The number of hydrogen-bond acceptors (Lipinski definition) is 6. The van der Waals surface area contributed by atoms with Gasteiger partial charge >= 0.3 is 5.97 Å². The van der Waals surface area contributed by atoms with E-state index in [2.05, 4.69) is 4.98 Å². The Kier molecular flexibility index (Phi) is 4.90. The molecule has 3 aliphatic heterocycles. The molecule has 3 fully saturated rings. The maximum Gasteiger partial charge on any atom is 0.307 e. The molecule has 1 N–H and O–H groups in total. The molecule has 7 nitrogen and oxygen atoms in total. The molecule has 1 amide bonds. The Bertz CT molecular complexity index is 821. The van der Waals surface area contributed by atoms with Gasteiger partial charge in [0.15, 0.2) is 0 Å². The van der Waals surface area contributed by atoms with Gasteiger partial charge in [0, 0.05) is 37.7 Å². The minimum Gasteiger partial charge on any atom is -0.458 e. The molecule has 0 aromatic carbocycles. The number of carbonyl (C=O) groups excluding carboxylic acids is 2. The van der Waals surface area contributed by atoms with Gasteiger partial charge in [-0.3, -0.25) is 9.59 Å². The summed E-state index contributed by atoms with van der Waals surface area (Å²) in [5, 5.41) is 10.9. The van der Waals surface area contributed by atoms with Gasteiger partial charge in [0.25, 0.3) is 0 Å². The Morgan fingerprint density at radius 2 is 2.03 bits per heavy atom. The van der Waals surface area contributed by atoms with Gasteiger partial charge in [0.05, 0.1) is 30.1 Å². The molecule has 2 atom stereocenters. The van der Waals surface area contributed by atoms with E-state index >= 15 is 0 Å². The number of hydrogen-bond donors (Lipinski definition) is 1. The molecule has 0 saturated carbocycles. The van der Waals surface area contributed by atoms with E-state index < -0.39 is 28.7 Å². The van der Waals surface area contributed by atoms with Crippen LogP contribution in [0.1, 0.15) is 51.5 Å². The Morgan fingerprint density at radius 1 is 1.31 bits per heavy atom. The van der Waals surface area contributed by atoms with Gasteiger partial charge in [-0.25, -0.2) is 4.98 Å². The van der Waals surface area contributed by atoms with E-state index in [-0.39, 0.29) is 49.8 Å². The lowest BCUT2D eigenvalue weighted by molar-refractivity contribution is -0.182. The van der Waals surface area contributed by atoms with Gasteiger partial charge < -0.3 is 19.5 Å². The highest BCUT2D eigenvalue weighted by Gasteiger charge is 2.57. The summed E-state index contributed by atoms with van der Waals surface area (Å²) in [6.07, 6.45) is 2.80. The van der Waals surface area contributed by atoms with Crippen molar-refractivity contribution in [3.05, 3.63) is 29.8 Å². The van der Waals surface area contributed by atoms with Crippen molar-refractivity contribution >= 4 is 11.9 Å². The number of likely N-dealkylation sites (tertiary alicyclic amines) is 1. The topological polar surface area (TPSA) is 89.0 Å². The minimum absolute atomic E-state index is 0.0624. The Hall–Kier alpha value is -2.06. The molecule has 29 heavy (non-hydrogen) atoms. The highest BCUT2D eigenvalue weighted by atomic mass is 19.1.